The van der Waals surface area contributed by atoms with Crippen LogP contribution in [0.2, 0.25) is 0 Å². The summed E-state index contributed by atoms with van der Waals surface area (Å²) in [4.78, 5) is 111. The minimum absolute atomic E-state index is 0.0533. The van der Waals surface area contributed by atoms with E-state index in [0.29, 0.717) is 41.6 Å². The van der Waals surface area contributed by atoms with Gasteiger partial charge in [-0.15, -0.1) is 0 Å². The van der Waals surface area contributed by atoms with Crippen molar-refractivity contribution in [2.75, 3.05) is 0 Å². The number of nitrogens with zero attached hydrogens (tertiary/aromatic N) is 2. The largest absolute Gasteiger partial charge is 0.458 e. The first-order valence-corrected chi connectivity index (χ1v) is 23.1. The number of esters is 5. The van der Waals surface area contributed by atoms with Gasteiger partial charge in [0.2, 0.25) is 17.4 Å². The maximum absolute atomic E-state index is 14.3. The topological polar surface area (TPSA) is 225 Å². The molecule has 2 aliphatic rings. The van der Waals surface area contributed by atoms with Crippen LogP contribution in [-0.4, -0.2) is 74.5 Å². The first-order chi connectivity index (χ1) is 31.2. The van der Waals surface area contributed by atoms with Crippen molar-refractivity contribution >= 4 is 52.6 Å². The molecule has 3 atom stereocenters. The molecular weight excluding hydrogens is 865 g/mol. The van der Waals surface area contributed by atoms with Crippen LogP contribution in [-0.2, 0) is 77.7 Å². The van der Waals surface area contributed by atoms with Crippen LogP contribution >= 0.6 is 0 Å². The number of amides is 2. The second kappa shape index (κ2) is 20.8. The SMILES string of the molecule is CCc1c2c(nc3ccc(OC(=O)CCC(=O)N[C@@H](CC(C)C)C(=O)OC(C)(C)C)cc13)-c1cc3c(c(=O)n1C2)COC(=O)[C@@]3(CC)OC(=O)CCC(=O)N[C@@H](CC(C)C)C(=O)OC(C)(C)C. The van der Waals surface area contributed by atoms with E-state index in [0.717, 1.165) is 11.1 Å². The van der Waals surface area contributed by atoms with Crippen molar-refractivity contribution in [3.8, 4) is 17.1 Å². The predicted molar refractivity (Wildman–Crippen MR) is 246 cm³/mol. The maximum atomic E-state index is 14.3. The Bertz CT molecular complexity index is 2490. The molecule has 4 heterocycles. The maximum Gasteiger partial charge on any atom is 0.355 e. The van der Waals surface area contributed by atoms with E-state index in [-0.39, 0.29) is 67.5 Å². The molecule has 0 spiro atoms. The molecule has 0 unspecified atom stereocenters. The number of fused-ring (bicyclic) bond motifs is 5. The molecule has 2 aliphatic heterocycles. The van der Waals surface area contributed by atoms with Gasteiger partial charge in [-0.05, 0) is 109 Å². The Labute approximate surface area is 391 Å². The average Bonchev–Trinajstić information content (AvgIpc) is 3.58. The number of aromatic nitrogens is 2. The van der Waals surface area contributed by atoms with Gasteiger partial charge >= 0.3 is 29.8 Å². The highest BCUT2D eigenvalue weighted by atomic mass is 16.6. The normalized spacial score (nSPS) is 16.3. The second-order valence-corrected chi connectivity index (χ2v) is 20.0. The predicted octanol–water partition coefficient (Wildman–Crippen LogP) is 6.40. The van der Waals surface area contributed by atoms with E-state index < -0.39 is 82.5 Å². The molecule has 2 amide bonds. The van der Waals surface area contributed by atoms with Crippen LogP contribution in [0.4, 0.5) is 0 Å². The number of carbonyl (C=O) groups excluding carboxylic acids is 7. The van der Waals surface area contributed by atoms with Gasteiger partial charge in [-0.3, -0.25) is 24.0 Å². The van der Waals surface area contributed by atoms with E-state index in [1.54, 1.807) is 77.3 Å². The van der Waals surface area contributed by atoms with Crippen LogP contribution in [0.5, 0.6) is 5.75 Å². The molecule has 2 N–H and O–H groups in total. The lowest BCUT2D eigenvalue weighted by molar-refractivity contribution is -0.189. The van der Waals surface area contributed by atoms with Gasteiger partial charge in [0.25, 0.3) is 5.56 Å². The van der Waals surface area contributed by atoms with Gasteiger partial charge in [-0.25, -0.2) is 19.4 Å². The molecule has 0 radical (unpaired) electrons. The lowest BCUT2D eigenvalue weighted by atomic mass is 9.85. The summed E-state index contributed by atoms with van der Waals surface area (Å²) in [6.07, 6.45) is -0.109. The van der Waals surface area contributed by atoms with Crippen molar-refractivity contribution in [1.82, 2.24) is 20.2 Å². The molecule has 364 valence electrons. The van der Waals surface area contributed by atoms with Crippen molar-refractivity contribution < 1.29 is 57.2 Å². The number of rotatable bonds is 18. The Hall–Kier alpha value is -6.13. The Morgan fingerprint density at radius 2 is 1.33 bits per heavy atom. The van der Waals surface area contributed by atoms with Crippen LogP contribution in [0.25, 0.3) is 22.3 Å². The van der Waals surface area contributed by atoms with Crippen LogP contribution in [0.15, 0.2) is 29.1 Å². The summed E-state index contributed by atoms with van der Waals surface area (Å²) >= 11 is 0. The fraction of sp³-hybridized carbons (Fsp3) is 0.580. The van der Waals surface area contributed by atoms with Crippen molar-refractivity contribution in [2.45, 2.75) is 176 Å². The monoisotopic (exact) mass is 930 g/mol. The number of hydrogen-bond donors (Lipinski definition) is 2. The Morgan fingerprint density at radius 1 is 0.776 bits per heavy atom. The van der Waals surface area contributed by atoms with Gasteiger partial charge in [0, 0.05) is 29.4 Å². The van der Waals surface area contributed by atoms with Gasteiger partial charge in [-0.1, -0.05) is 41.5 Å². The lowest BCUT2D eigenvalue weighted by Gasteiger charge is -2.35. The minimum Gasteiger partial charge on any atom is -0.458 e. The quantitative estimate of drug-likeness (QED) is 0.0626. The van der Waals surface area contributed by atoms with Gasteiger partial charge in [-0.2, -0.15) is 0 Å². The van der Waals surface area contributed by atoms with Crippen LogP contribution in [0, 0.1) is 11.8 Å². The zero-order valence-corrected chi connectivity index (χ0v) is 40.9. The fourth-order valence-corrected chi connectivity index (χ4v) is 8.27. The summed E-state index contributed by atoms with van der Waals surface area (Å²) in [7, 11) is 0. The molecule has 2 aromatic heterocycles. The third kappa shape index (κ3) is 12.7. The van der Waals surface area contributed by atoms with Gasteiger partial charge in [0.1, 0.15) is 35.6 Å². The number of carbonyl (C=O) groups is 7. The van der Waals surface area contributed by atoms with E-state index in [4.69, 9.17) is 28.7 Å². The Kier molecular flexibility index (Phi) is 16.1. The van der Waals surface area contributed by atoms with Crippen molar-refractivity contribution in [3.05, 3.63) is 56.9 Å². The molecule has 5 rings (SSSR count). The van der Waals surface area contributed by atoms with E-state index in [1.165, 1.54) is 0 Å². The number of cyclic esters (lactones) is 1. The molecule has 1 aromatic carbocycles. The van der Waals surface area contributed by atoms with Crippen molar-refractivity contribution in [3.63, 3.8) is 0 Å². The van der Waals surface area contributed by atoms with Crippen LogP contribution < -0.4 is 20.9 Å². The fourth-order valence-electron chi connectivity index (χ4n) is 8.27. The third-order valence-corrected chi connectivity index (χ3v) is 11.2. The summed E-state index contributed by atoms with van der Waals surface area (Å²) in [5.74, 6) is -4.22. The zero-order chi connectivity index (χ0) is 49.8. The van der Waals surface area contributed by atoms with Gasteiger partial charge in [0.05, 0.1) is 41.9 Å². The van der Waals surface area contributed by atoms with Crippen molar-refractivity contribution in [1.29, 1.82) is 0 Å². The second-order valence-electron chi connectivity index (χ2n) is 20.0. The molecule has 0 saturated carbocycles. The Balaban J connectivity index is 1.34. The first-order valence-electron chi connectivity index (χ1n) is 23.1. The van der Waals surface area contributed by atoms with E-state index >= 15 is 0 Å². The van der Waals surface area contributed by atoms with E-state index in [1.807, 2.05) is 34.6 Å². The number of hydrogen-bond acceptors (Lipinski definition) is 14. The summed E-state index contributed by atoms with van der Waals surface area (Å²) in [6.45, 7) is 21.4. The molecule has 0 bridgehead atoms. The smallest absolute Gasteiger partial charge is 0.355 e. The first kappa shape index (κ1) is 51.8. The molecule has 17 heteroatoms. The third-order valence-electron chi connectivity index (χ3n) is 11.2. The molecule has 0 saturated heterocycles. The molecule has 67 heavy (non-hydrogen) atoms. The highest BCUT2D eigenvalue weighted by molar-refractivity contribution is 5.92. The van der Waals surface area contributed by atoms with Crippen molar-refractivity contribution in [2.24, 2.45) is 11.8 Å². The number of ether oxygens (including phenoxy) is 5. The summed E-state index contributed by atoms with van der Waals surface area (Å²) in [5.41, 5.74) is -0.594. The number of nitrogens with one attached hydrogen (secondary N) is 2. The number of pyridine rings is 2. The minimum atomic E-state index is -1.99. The van der Waals surface area contributed by atoms with Crippen LogP contribution in [0.1, 0.15) is 150 Å². The standard InChI is InChI=1S/C50H66N4O13/c1-13-30-31-23-29(64-41(57)19-17-39(55)51-36(21-27(3)4)45(60)66-48(7,8)9)15-16-35(31)53-43-32(30)25-54-38(43)24-34-33(44(54)59)26-63-47(62)50(34,14-2)65-42(58)20-18-40(56)52-37(22-28(5)6)46(61)67-49(10,11)12/h15-16,23-24,27-28,36-37H,13-14,17-22,25-26H2,1-12H3,(H,51,55)(H,52,56)/t36-,37-,50-/m0/s1. The summed E-state index contributed by atoms with van der Waals surface area (Å²) < 4.78 is 29.6. The molecular formula is C50H66N4O13. The van der Waals surface area contributed by atoms with E-state index in [2.05, 4.69) is 10.6 Å². The van der Waals surface area contributed by atoms with Gasteiger partial charge < -0.3 is 38.9 Å². The molecule has 0 aliphatic carbocycles. The highest BCUT2D eigenvalue weighted by Gasteiger charge is 2.50. The highest BCUT2D eigenvalue weighted by Crippen LogP contribution is 2.42. The number of aryl methyl sites for hydroxylation is 1. The average molecular weight is 931 g/mol. The summed E-state index contributed by atoms with van der Waals surface area (Å²) in [6, 6.07) is 4.81. The van der Waals surface area contributed by atoms with Gasteiger partial charge in [0.15, 0.2) is 0 Å². The van der Waals surface area contributed by atoms with E-state index in [9.17, 15) is 38.4 Å². The molecule has 3 aromatic rings. The summed E-state index contributed by atoms with van der Waals surface area (Å²) in [5, 5.41) is 6.06. The molecule has 17 nitrogen and oxygen atoms in total. The molecule has 0 fully saturated rings. The van der Waals surface area contributed by atoms with Crippen LogP contribution in [0.3, 0.4) is 0 Å². The Morgan fingerprint density at radius 3 is 1.84 bits per heavy atom. The number of benzene rings is 1. The zero-order valence-electron chi connectivity index (χ0n) is 40.9. The lowest BCUT2D eigenvalue weighted by Crippen LogP contribution is -2.47.